The molecule has 0 saturated carbocycles. The van der Waals surface area contributed by atoms with E-state index >= 15 is 0 Å². The van der Waals surface area contributed by atoms with Gasteiger partial charge in [0.1, 0.15) is 0 Å². The Kier molecular flexibility index (Phi) is 4.15. The molecular weight excluding hydrogens is 236 g/mol. The minimum atomic E-state index is 0.517. The van der Waals surface area contributed by atoms with E-state index in [2.05, 4.69) is 15.7 Å². The number of para-hydroxylation sites is 2. The average Bonchev–Trinajstić information content (AvgIpc) is 2.43. The van der Waals surface area contributed by atoms with Gasteiger partial charge in [0.2, 0.25) is 5.96 Å². The van der Waals surface area contributed by atoms with E-state index in [1.54, 1.807) is 0 Å². The summed E-state index contributed by atoms with van der Waals surface area (Å²) in [5.74, 6) is 6.04. The molecule has 4 nitrogen and oxygen atoms in total. The number of nitrogens with one attached hydrogen (secondary N) is 2. The predicted molar refractivity (Wildman–Crippen MR) is 80.4 cm³/mol. The summed E-state index contributed by atoms with van der Waals surface area (Å²) in [6.07, 6.45) is 0. The number of hydrazine groups is 1. The Morgan fingerprint density at radius 2 is 1.58 bits per heavy atom. The number of hydrogen-bond acceptors (Lipinski definition) is 2. The van der Waals surface area contributed by atoms with Crippen LogP contribution in [-0.4, -0.2) is 5.96 Å². The maximum Gasteiger partial charge on any atom is 0.215 e. The summed E-state index contributed by atoms with van der Waals surface area (Å²) in [5, 5.41) is 3.15. The molecule has 98 valence electrons. The quantitative estimate of drug-likeness (QED) is 0.334. The number of aliphatic imine (C=N–C) groups is 1. The summed E-state index contributed by atoms with van der Waals surface area (Å²) in [6, 6.07) is 15.9. The first-order valence-corrected chi connectivity index (χ1v) is 6.14. The van der Waals surface area contributed by atoms with Gasteiger partial charge >= 0.3 is 0 Å². The summed E-state index contributed by atoms with van der Waals surface area (Å²) in [4.78, 5) is 4.54. The molecule has 0 fully saturated rings. The van der Waals surface area contributed by atoms with Crippen LogP contribution in [0.25, 0.3) is 0 Å². The highest BCUT2D eigenvalue weighted by atomic mass is 15.3. The van der Waals surface area contributed by atoms with Gasteiger partial charge in [0.05, 0.1) is 5.69 Å². The molecule has 2 rings (SSSR count). The van der Waals surface area contributed by atoms with Gasteiger partial charge in [0.25, 0.3) is 0 Å². The number of aryl methyl sites for hydroxylation is 2. The van der Waals surface area contributed by atoms with E-state index in [0.717, 1.165) is 22.5 Å². The van der Waals surface area contributed by atoms with Crippen LogP contribution in [0.3, 0.4) is 0 Å². The molecule has 0 aliphatic rings. The lowest BCUT2D eigenvalue weighted by Gasteiger charge is -2.11. The highest BCUT2D eigenvalue weighted by molar-refractivity contribution is 5.95. The molecule has 0 aliphatic carbocycles. The van der Waals surface area contributed by atoms with Gasteiger partial charge in [-0.1, -0.05) is 36.4 Å². The minimum absolute atomic E-state index is 0.517. The lowest BCUT2D eigenvalue weighted by molar-refractivity contribution is 1.02. The Hall–Kier alpha value is -2.33. The van der Waals surface area contributed by atoms with Crippen LogP contribution >= 0.6 is 0 Å². The molecule has 0 spiro atoms. The predicted octanol–water partition coefficient (Wildman–Crippen LogP) is 2.87. The number of rotatable bonds is 2. The van der Waals surface area contributed by atoms with Crippen molar-refractivity contribution in [3.05, 3.63) is 59.7 Å². The molecule has 0 bridgehead atoms. The molecule has 2 aromatic carbocycles. The first-order chi connectivity index (χ1) is 9.20. The highest BCUT2D eigenvalue weighted by Gasteiger charge is 2.03. The van der Waals surface area contributed by atoms with Gasteiger partial charge in [-0.05, 0) is 37.1 Å². The van der Waals surface area contributed by atoms with E-state index in [1.165, 1.54) is 0 Å². The van der Waals surface area contributed by atoms with Crippen molar-refractivity contribution in [3.8, 4) is 0 Å². The first-order valence-electron chi connectivity index (χ1n) is 6.14. The van der Waals surface area contributed by atoms with Gasteiger partial charge in [-0.2, -0.15) is 0 Å². The summed E-state index contributed by atoms with van der Waals surface area (Å²) in [5.41, 5.74) is 6.68. The second kappa shape index (κ2) is 6.02. The van der Waals surface area contributed by atoms with E-state index in [-0.39, 0.29) is 0 Å². The van der Waals surface area contributed by atoms with Gasteiger partial charge in [-0.15, -0.1) is 0 Å². The Bertz CT molecular complexity index is 556. The monoisotopic (exact) mass is 254 g/mol. The third-order valence-corrected chi connectivity index (χ3v) is 2.84. The molecule has 0 aromatic heterocycles. The fourth-order valence-electron chi connectivity index (χ4n) is 1.85. The average molecular weight is 254 g/mol. The van der Waals surface area contributed by atoms with Gasteiger partial charge in [0, 0.05) is 5.69 Å². The Labute approximate surface area is 113 Å². The van der Waals surface area contributed by atoms with Crippen molar-refractivity contribution >= 4 is 17.3 Å². The standard InChI is InChI=1S/C15H18N4/c1-11-7-6-8-12(2)14(11)18-15(19-16)17-13-9-4-3-5-10-13/h3-10H,16H2,1-2H3,(H2,17,18,19). The number of benzene rings is 2. The van der Waals surface area contributed by atoms with Crippen LogP contribution in [0, 0.1) is 13.8 Å². The largest absolute Gasteiger partial charge is 0.325 e. The van der Waals surface area contributed by atoms with Crippen LogP contribution in [0.2, 0.25) is 0 Å². The maximum absolute atomic E-state index is 5.53. The Morgan fingerprint density at radius 3 is 2.16 bits per heavy atom. The molecule has 0 radical (unpaired) electrons. The van der Waals surface area contributed by atoms with Crippen molar-refractivity contribution in [3.63, 3.8) is 0 Å². The number of hydrogen-bond donors (Lipinski definition) is 3. The highest BCUT2D eigenvalue weighted by Crippen LogP contribution is 2.23. The van der Waals surface area contributed by atoms with E-state index in [1.807, 2.05) is 62.4 Å². The van der Waals surface area contributed by atoms with Crippen molar-refractivity contribution in [2.24, 2.45) is 10.8 Å². The Balaban J connectivity index is 2.29. The number of guanidine groups is 1. The molecule has 0 heterocycles. The molecular formula is C15H18N4. The second-order valence-electron chi connectivity index (χ2n) is 4.34. The second-order valence-corrected chi connectivity index (χ2v) is 4.34. The van der Waals surface area contributed by atoms with Crippen LogP contribution in [0.1, 0.15) is 11.1 Å². The molecule has 0 atom stereocenters. The zero-order valence-corrected chi connectivity index (χ0v) is 11.1. The molecule has 0 unspecified atom stereocenters. The van der Waals surface area contributed by atoms with Crippen LogP contribution < -0.4 is 16.6 Å². The van der Waals surface area contributed by atoms with Crippen molar-refractivity contribution in [2.45, 2.75) is 13.8 Å². The molecule has 19 heavy (non-hydrogen) atoms. The molecule has 4 N–H and O–H groups in total. The number of nitrogens with zero attached hydrogens (tertiary/aromatic N) is 1. The smallest absolute Gasteiger partial charge is 0.215 e. The van der Waals surface area contributed by atoms with Crippen LogP contribution in [-0.2, 0) is 0 Å². The lowest BCUT2D eigenvalue weighted by atomic mass is 10.1. The molecule has 0 aliphatic heterocycles. The normalized spacial score (nSPS) is 11.2. The lowest BCUT2D eigenvalue weighted by Crippen LogP contribution is -2.36. The Morgan fingerprint density at radius 1 is 0.947 bits per heavy atom. The number of anilines is 1. The summed E-state index contributed by atoms with van der Waals surface area (Å²) in [7, 11) is 0. The SMILES string of the molecule is Cc1cccc(C)c1N=C(NN)Nc1ccccc1. The molecule has 4 heteroatoms. The van der Waals surface area contributed by atoms with Crippen LogP contribution in [0.5, 0.6) is 0 Å². The molecule has 2 aromatic rings. The van der Waals surface area contributed by atoms with E-state index in [9.17, 15) is 0 Å². The third-order valence-electron chi connectivity index (χ3n) is 2.84. The minimum Gasteiger partial charge on any atom is -0.325 e. The van der Waals surface area contributed by atoms with Crippen molar-refractivity contribution in [1.29, 1.82) is 0 Å². The number of nitrogens with two attached hydrogens (primary N) is 1. The van der Waals surface area contributed by atoms with Gasteiger partial charge in [0.15, 0.2) is 0 Å². The van der Waals surface area contributed by atoms with Gasteiger partial charge < -0.3 is 5.32 Å². The maximum atomic E-state index is 5.53. The zero-order valence-electron chi connectivity index (χ0n) is 11.1. The van der Waals surface area contributed by atoms with E-state index in [4.69, 9.17) is 5.84 Å². The van der Waals surface area contributed by atoms with Gasteiger partial charge in [-0.25, -0.2) is 10.8 Å². The van der Waals surface area contributed by atoms with Crippen LogP contribution in [0.15, 0.2) is 53.5 Å². The van der Waals surface area contributed by atoms with E-state index in [0.29, 0.717) is 5.96 Å². The summed E-state index contributed by atoms with van der Waals surface area (Å²) >= 11 is 0. The van der Waals surface area contributed by atoms with Gasteiger partial charge in [-0.3, -0.25) is 5.43 Å². The summed E-state index contributed by atoms with van der Waals surface area (Å²) < 4.78 is 0. The van der Waals surface area contributed by atoms with Crippen molar-refractivity contribution in [1.82, 2.24) is 5.43 Å². The zero-order chi connectivity index (χ0) is 13.7. The first kappa shape index (κ1) is 13.1. The molecule has 0 saturated heterocycles. The van der Waals surface area contributed by atoms with Crippen LogP contribution in [0.4, 0.5) is 11.4 Å². The summed E-state index contributed by atoms with van der Waals surface area (Å²) in [6.45, 7) is 4.06. The fraction of sp³-hybridized carbons (Fsp3) is 0.133. The third kappa shape index (κ3) is 3.33. The fourth-order valence-corrected chi connectivity index (χ4v) is 1.85. The van der Waals surface area contributed by atoms with Crippen molar-refractivity contribution < 1.29 is 0 Å². The van der Waals surface area contributed by atoms with E-state index < -0.39 is 0 Å². The molecule has 0 amide bonds. The topological polar surface area (TPSA) is 62.4 Å². The van der Waals surface area contributed by atoms with Crippen molar-refractivity contribution in [2.75, 3.05) is 5.32 Å².